The summed E-state index contributed by atoms with van der Waals surface area (Å²) >= 11 is 5.76. The molecule has 86 valence electrons. The number of anilines is 1. The first kappa shape index (κ1) is 11.3. The second kappa shape index (κ2) is 4.03. The summed E-state index contributed by atoms with van der Waals surface area (Å²) in [6.07, 6.45) is 1.60. The van der Waals surface area contributed by atoms with E-state index in [4.69, 9.17) is 11.6 Å². The molecule has 0 spiro atoms. The van der Waals surface area contributed by atoms with Crippen LogP contribution in [0.2, 0.25) is 5.15 Å². The van der Waals surface area contributed by atoms with Crippen LogP contribution in [-0.2, 0) is 9.84 Å². The van der Waals surface area contributed by atoms with E-state index in [1.165, 1.54) is 5.41 Å². The third-order valence-electron chi connectivity index (χ3n) is 2.07. The molecule has 1 N–H and O–H groups in total. The van der Waals surface area contributed by atoms with Crippen molar-refractivity contribution in [2.45, 2.75) is 13.0 Å². The van der Waals surface area contributed by atoms with Crippen LogP contribution in [0.4, 0.5) is 5.82 Å². The molecule has 0 saturated heterocycles. The van der Waals surface area contributed by atoms with E-state index in [1.54, 1.807) is 19.1 Å². The number of halogens is 1. The Kier molecular flexibility index (Phi) is 2.86. The molecule has 16 heavy (non-hydrogen) atoms. The number of sulfone groups is 1. The molecule has 1 aromatic rings. The normalized spacial score (nSPS) is 22.2. The van der Waals surface area contributed by atoms with Crippen molar-refractivity contribution in [2.24, 2.45) is 0 Å². The zero-order valence-corrected chi connectivity index (χ0v) is 10.1. The van der Waals surface area contributed by atoms with Gasteiger partial charge in [-0.15, -0.1) is 0 Å². The van der Waals surface area contributed by atoms with Crippen molar-refractivity contribution < 1.29 is 8.42 Å². The largest absolute Gasteiger partial charge is 0.363 e. The van der Waals surface area contributed by atoms with Gasteiger partial charge in [0.05, 0.1) is 11.8 Å². The Hall–Kier alpha value is -1.14. The lowest BCUT2D eigenvalue weighted by Gasteiger charge is -2.10. The molecule has 1 atom stereocenters. The molecule has 7 heteroatoms. The van der Waals surface area contributed by atoms with Gasteiger partial charge in [0.25, 0.3) is 0 Å². The van der Waals surface area contributed by atoms with Crippen LogP contribution in [0.15, 0.2) is 17.6 Å². The Balaban J connectivity index is 2.14. The zero-order valence-electron chi connectivity index (χ0n) is 8.51. The highest BCUT2D eigenvalue weighted by atomic mass is 35.5. The van der Waals surface area contributed by atoms with Crippen LogP contribution in [-0.4, -0.2) is 30.2 Å². The Bertz CT molecular complexity index is 521. The highest BCUT2D eigenvalue weighted by Gasteiger charge is 2.21. The molecule has 0 aromatic carbocycles. The van der Waals surface area contributed by atoms with Gasteiger partial charge in [-0.1, -0.05) is 11.6 Å². The lowest BCUT2D eigenvalue weighted by Crippen LogP contribution is -2.21. The molecule has 2 heterocycles. The van der Waals surface area contributed by atoms with Crippen molar-refractivity contribution in [1.29, 1.82) is 0 Å². The van der Waals surface area contributed by atoms with Crippen LogP contribution < -0.4 is 5.32 Å². The number of nitrogens with one attached hydrogen (secondary N) is 1. The van der Waals surface area contributed by atoms with Crippen molar-refractivity contribution >= 4 is 27.3 Å². The van der Waals surface area contributed by atoms with E-state index in [0.29, 0.717) is 16.8 Å². The number of hydrogen-bond donors (Lipinski definition) is 1. The van der Waals surface area contributed by atoms with Crippen molar-refractivity contribution in [3.05, 3.63) is 28.5 Å². The Morgan fingerprint density at radius 2 is 2.25 bits per heavy atom. The maximum atomic E-state index is 11.2. The van der Waals surface area contributed by atoms with Crippen molar-refractivity contribution in [3.63, 3.8) is 0 Å². The molecular formula is C9H10ClN3O2S. The van der Waals surface area contributed by atoms with Gasteiger partial charge in [-0.2, -0.15) is 0 Å². The molecule has 1 aliphatic heterocycles. The smallest absolute Gasteiger partial charge is 0.173 e. The maximum Gasteiger partial charge on any atom is 0.173 e. The minimum absolute atomic E-state index is 0.0493. The highest BCUT2D eigenvalue weighted by Crippen LogP contribution is 2.16. The van der Waals surface area contributed by atoms with Crippen molar-refractivity contribution in [2.75, 3.05) is 11.1 Å². The van der Waals surface area contributed by atoms with Gasteiger partial charge >= 0.3 is 0 Å². The summed E-state index contributed by atoms with van der Waals surface area (Å²) < 4.78 is 22.4. The molecule has 0 bridgehead atoms. The topological polar surface area (TPSA) is 72.0 Å². The van der Waals surface area contributed by atoms with Gasteiger partial charge in [0.2, 0.25) is 0 Å². The molecule has 2 rings (SSSR count). The first-order chi connectivity index (χ1) is 7.44. The van der Waals surface area contributed by atoms with E-state index in [9.17, 15) is 8.42 Å². The minimum atomic E-state index is -3.06. The Labute approximate surface area is 98.5 Å². The zero-order chi connectivity index (χ0) is 11.8. The molecule has 1 aliphatic rings. The van der Waals surface area contributed by atoms with Crippen molar-refractivity contribution in [1.82, 2.24) is 9.97 Å². The highest BCUT2D eigenvalue weighted by molar-refractivity contribution is 7.94. The summed E-state index contributed by atoms with van der Waals surface area (Å²) in [6.45, 7) is 1.72. The van der Waals surface area contributed by atoms with E-state index in [0.717, 1.165) is 0 Å². The fraction of sp³-hybridized carbons (Fsp3) is 0.333. The lowest BCUT2D eigenvalue weighted by atomic mass is 10.3. The summed E-state index contributed by atoms with van der Waals surface area (Å²) in [5.41, 5.74) is 0. The van der Waals surface area contributed by atoms with Gasteiger partial charge in [-0.3, -0.25) is 0 Å². The maximum absolute atomic E-state index is 11.2. The fourth-order valence-electron chi connectivity index (χ4n) is 1.46. The van der Waals surface area contributed by atoms with E-state index in [-0.39, 0.29) is 11.8 Å². The van der Waals surface area contributed by atoms with Crippen LogP contribution in [0.25, 0.3) is 0 Å². The van der Waals surface area contributed by atoms with Gasteiger partial charge in [0.15, 0.2) is 9.84 Å². The molecule has 0 aliphatic carbocycles. The van der Waals surface area contributed by atoms with Crippen LogP contribution in [0.3, 0.4) is 0 Å². The average Bonchev–Trinajstić information content (AvgIpc) is 2.43. The van der Waals surface area contributed by atoms with E-state index in [2.05, 4.69) is 15.3 Å². The van der Waals surface area contributed by atoms with Crippen LogP contribution in [0.5, 0.6) is 0 Å². The monoisotopic (exact) mass is 259 g/mol. The summed E-state index contributed by atoms with van der Waals surface area (Å²) in [4.78, 5) is 8.03. The van der Waals surface area contributed by atoms with E-state index in [1.807, 2.05) is 0 Å². The molecular weight excluding hydrogens is 250 g/mol. The van der Waals surface area contributed by atoms with Gasteiger partial charge in [-0.25, -0.2) is 18.4 Å². The van der Waals surface area contributed by atoms with Gasteiger partial charge in [-0.05, 0) is 13.0 Å². The van der Waals surface area contributed by atoms with E-state index < -0.39 is 9.84 Å². The summed E-state index contributed by atoms with van der Waals surface area (Å²) in [5.74, 6) is 1.12. The molecule has 0 amide bonds. The third kappa shape index (κ3) is 2.70. The number of nitrogens with zero attached hydrogens (tertiary/aromatic N) is 2. The number of aromatic nitrogens is 2. The molecule has 1 aromatic heterocycles. The van der Waals surface area contributed by atoms with Gasteiger partial charge in [0, 0.05) is 11.5 Å². The Morgan fingerprint density at radius 1 is 1.50 bits per heavy atom. The first-order valence-electron chi connectivity index (χ1n) is 4.63. The number of rotatable bonds is 2. The molecule has 5 nitrogen and oxygen atoms in total. The lowest BCUT2D eigenvalue weighted by molar-refractivity contribution is 0.605. The predicted octanol–water partition coefficient (Wildman–Crippen LogP) is 1.16. The second-order valence-corrected chi connectivity index (χ2v) is 5.85. The SMILES string of the molecule is Cc1nc(Cl)cc(NC2C=CS(=O)(=O)C2)n1. The van der Waals surface area contributed by atoms with Crippen LogP contribution in [0, 0.1) is 6.92 Å². The summed E-state index contributed by atoms with van der Waals surface area (Å²) in [5, 5.41) is 4.52. The van der Waals surface area contributed by atoms with Gasteiger partial charge in [0.1, 0.15) is 16.8 Å². The van der Waals surface area contributed by atoms with Gasteiger partial charge < -0.3 is 5.32 Å². The van der Waals surface area contributed by atoms with Crippen LogP contribution in [0.1, 0.15) is 5.82 Å². The second-order valence-electron chi connectivity index (χ2n) is 3.53. The molecule has 1 unspecified atom stereocenters. The predicted molar refractivity (Wildman–Crippen MR) is 62.1 cm³/mol. The van der Waals surface area contributed by atoms with E-state index >= 15 is 0 Å². The summed E-state index contributed by atoms with van der Waals surface area (Å²) in [6, 6.07) is 1.31. The standard InChI is InChI=1S/C9H10ClN3O2S/c1-6-11-8(10)4-9(12-6)13-7-2-3-16(14,15)5-7/h2-4,7H,5H2,1H3,(H,11,12,13). The average molecular weight is 260 g/mol. The quantitative estimate of drug-likeness (QED) is 0.807. The third-order valence-corrected chi connectivity index (χ3v) is 3.66. The fourth-order valence-corrected chi connectivity index (χ4v) is 2.92. The molecule has 0 fully saturated rings. The minimum Gasteiger partial charge on any atom is -0.363 e. The number of aryl methyl sites for hydroxylation is 1. The molecule has 0 saturated carbocycles. The summed E-state index contributed by atoms with van der Waals surface area (Å²) in [7, 11) is -3.06. The van der Waals surface area contributed by atoms with Crippen LogP contribution >= 0.6 is 11.6 Å². The van der Waals surface area contributed by atoms with Crippen molar-refractivity contribution in [3.8, 4) is 0 Å². The molecule has 0 radical (unpaired) electrons. The first-order valence-corrected chi connectivity index (χ1v) is 6.73. The Morgan fingerprint density at radius 3 is 2.81 bits per heavy atom. The number of hydrogen-bond acceptors (Lipinski definition) is 5.